The van der Waals surface area contributed by atoms with Gasteiger partial charge in [-0.2, -0.15) is 4.98 Å². The van der Waals surface area contributed by atoms with Crippen LogP contribution in [0.3, 0.4) is 0 Å². The lowest BCUT2D eigenvalue weighted by molar-refractivity contribution is 0.758. The van der Waals surface area contributed by atoms with E-state index in [2.05, 4.69) is 51.5 Å². The molecule has 1 unspecified atom stereocenters. The van der Waals surface area contributed by atoms with E-state index >= 15 is 0 Å². The Balaban J connectivity index is 2.14. The van der Waals surface area contributed by atoms with Gasteiger partial charge < -0.3 is 15.5 Å². The van der Waals surface area contributed by atoms with Crippen LogP contribution in [0.15, 0.2) is 30.3 Å². The fourth-order valence-electron chi connectivity index (χ4n) is 2.02. The van der Waals surface area contributed by atoms with Crippen molar-refractivity contribution in [1.29, 1.82) is 0 Å². The second-order valence-electron chi connectivity index (χ2n) is 5.74. The number of hydrogen-bond donors (Lipinski definition) is 2. The van der Waals surface area contributed by atoms with Crippen molar-refractivity contribution in [2.75, 3.05) is 29.6 Å². The molecule has 5 nitrogen and oxygen atoms in total. The molecular weight excluding hydrogens is 274 g/mol. The van der Waals surface area contributed by atoms with Crippen LogP contribution in [0.2, 0.25) is 0 Å². The predicted molar refractivity (Wildman–Crippen MR) is 94.2 cm³/mol. The third kappa shape index (κ3) is 4.35. The molecule has 5 heteroatoms. The van der Waals surface area contributed by atoms with Gasteiger partial charge in [0.25, 0.3) is 0 Å². The molecule has 0 aliphatic rings. The van der Waals surface area contributed by atoms with Gasteiger partial charge in [0, 0.05) is 43.3 Å². The predicted octanol–water partition coefficient (Wildman–Crippen LogP) is 3.81. The zero-order valence-corrected chi connectivity index (χ0v) is 14.0. The minimum atomic E-state index is 0.390. The Labute approximate surface area is 132 Å². The normalized spacial score (nSPS) is 11.9. The number of aromatic nitrogens is 2. The molecule has 1 aromatic carbocycles. The fourth-order valence-corrected chi connectivity index (χ4v) is 2.02. The van der Waals surface area contributed by atoms with E-state index in [9.17, 15) is 0 Å². The van der Waals surface area contributed by atoms with Crippen LogP contribution < -0.4 is 15.5 Å². The lowest BCUT2D eigenvalue weighted by Crippen LogP contribution is -2.15. The highest BCUT2D eigenvalue weighted by atomic mass is 15.1. The van der Waals surface area contributed by atoms with Crippen LogP contribution in [0.1, 0.15) is 26.0 Å². The minimum Gasteiger partial charge on any atom is -0.378 e. The molecule has 0 radical (unpaired) electrons. The number of aryl methyl sites for hydroxylation is 1. The van der Waals surface area contributed by atoms with Gasteiger partial charge in [-0.15, -0.1) is 0 Å². The van der Waals surface area contributed by atoms with Crippen molar-refractivity contribution in [1.82, 2.24) is 9.97 Å². The molecule has 0 aliphatic carbocycles. The van der Waals surface area contributed by atoms with Crippen molar-refractivity contribution in [3.05, 3.63) is 36.0 Å². The summed E-state index contributed by atoms with van der Waals surface area (Å²) in [4.78, 5) is 11.0. The zero-order valence-electron chi connectivity index (χ0n) is 14.0. The van der Waals surface area contributed by atoms with Gasteiger partial charge in [-0.3, -0.25) is 0 Å². The number of rotatable bonds is 6. The standard InChI is InChI=1S/C17H25N5/c1-6-12(2)18-16-11-13(3)19-17(21-16)20-14-7-9-15(10-8-14)22(4)5/h7-12H,6H2,1-5H3,(H2,18,19,20,21). The van der Waals surface area contributed by atoms with Gasteiger partial charge in [-0.1, -0.05) is 6.92 Å². The van der Waals surface area contributed by atoms with Crippen molar-refractivity contribution < 1.29 is 0 Å². The summed E-state index contributed by atoms with van der Waals surface area (Å²) >= 11 is 0. The molecule has 118 valence electrons. The fraction of sp³-hybridized carbons (Fsp3) is 0.412. The largest absolute Gasteiger partial charge is 0.378 e. The average Bonchev–Trinajstić information content (AvgIpc) is 2.47. The van der Waals surface area contributed by atoms with E-state index in [1.54, 1.807) is 0 Å². The first-order valence-corrected chi connectivity index (χ1v) is 7.64. The molecule has 0 bridgehead atoms. The number of hydrogen-bond acceptors (Lipinski definition) is 5. The van der Waals surface area contributed by atoms with Gasteiger partial charge in [0.2, 0.25) is 5.95 Å². The van der Waals surface area contributed by atoms with Gasteiger partial charge >= 0.3 is 0 Å². The molecule has 1 atom stereocenters. The van der Waals surface area contributed by atoms with E-state index < -0.39 is 0 Å². The lowest BCUT2D eigenvalue weighted by atomic mass is 10.2. The monoisotopic (exact) mass is 299 g/mol. The summed E-state index contributed by atoms with van der Waals surface area (Å²) in [5.41, 5.74) is 3.08. The van der Waals surface area contributed by atoms with Crippen LogP contribution in [-0.2, 0) is 0 Å². The lowest BCUT2D eigenvalue weighted by Gasteiger charge is -2.15. The molecule has 2 N–H and O–H groups in total. The number of anilines is 4. The molecule has 1 heterocycles. The first-order valence-electron chi connectivity index (χ1n) is 7.64. The first-order chi connectivity index (χ1) is 10.5. The molecule has 2 aromatic rings. The summed E-state index contributed by atoms with van der Waals surface area (Å²) in [6.45, 7) is 6.27. The Kier molecular flexibility index (Phi) is 5.20. The summed E-state index contributed by atoms with van der Waals surface area (Å²) in [6.07, 6.45) is 1.05. The van der Waals surface area contributed by atoms with Crippen molar-refractivity contribution in [3.8, 4) is 0 Å². The molecule has 0 saturated heterocycles. The summed E-state index contributed by atoms with van der Waals surface area (Å²) in [6, 6.07) is 10.5. The Hall–Kier alpha value is -2.30. The molecule has 22 heavy (non-hydrogen) atoms. The molecule has 2 rings (SSSR count). The van der Waals surface area contributed by atoms with Crippen LogP contribution in [-0.4, -0.2) is 30.1 Å². The van der Waals surface area contributed by atoms with Crippen LogP contribution in [0.25, 0.3) is 0 Å². The Morgan fingerprint density at radius 3 is 2.41 bits per heavy atom. The van der Waals surface area contributed by atoms with E-state index in [0.29, 0.717) is 12.0 Å². The van der Waals surface area contributed by atoms with Gasteiger partial charge in [0.05, 0.1) is 0 Å². The maximum atomic E-state index is 4.53. The van der Waals surface area contributed by atoms with Gasteiger partial charge in [-0.05, 0) is 44.5 Å². The van der Waals surface area contributed by atoms with E-state index in [1.807, 2.05) is 39.2 Å². The number of nitrogens with one attached hydrogen (secondary N) is 2. The quantitative estimate of drug-likeness (QED) is 0.849. The maximum Gasteiger partial charge on any atom is 0.229 e. The van der Waals surface area contributed by atoms with Crippen LogP contribution in [0.5, 0.6) is 0 Å². The van der Waals surface area contributed by atoms with Crippen LogP contribution >= 0.6 is 0 Å². The summed E-state index contributed by atoms with van der Waals surface area (Å²) in [5.74, 6) is 1.47. The Bertz CT molecular complexity index is 607. The van der Waals surface area contributed by atoms with Crippen LogP contribution in [0.4, 0.5) is 23.1 Å². The Morgan fingerprint density at radius 1 is 1.14 bits per heavy atom. The summed E-state index contributed by atoms with van der Waals surface area (Å²) in [5, 5.41) is 6.65. The number of nitrogens with zero attached hydrogens (tertiary/aromatic N) is 3. The van der Waals surface area contributed by atoms with Crippen molar-refractivity contribution >= 4 is 23.1 Å². The third-order valence-electron chi connectivity index (χ3n) is 3.50. The molecule has 0 fully saturated rings. The molecule has 0 amide bonds. The maximum absolute atomic E-state index is 4.53. The van der Waals surface area contributed by atoms with E-state index in [-0.39, 0.29) is 0 Å². The first kappa shape index (κ1) is 16.1. The minimum absolute atomic E-state index is 0.390. The molecule has 1 aromatic heterocycles. The SMILES string of the molecule is CCC(C)Nc1cc(C)nc(Nc2ccc(N(C)C)cc2)n1. The van der Waals surface area contributed by atoms with Gasteiger partial charge in [0.15, 0.2) is 0 Å². The highest BCUT2D eigenvalue weighted by Crippen LogP contribution is 2.19. The van der Waals surface area contributed by atoms with Gasteiger partial charge in [0.1, 0.15) is 5.82 Å². The highest BCUT2D eigenvalue weighted by Gasteiger charge is 2.05. The van der Waals surface area contributed by atoms with E-state index in [1.165, 1.54) is 0 Å². The van der Waals surface area contributed by atoms with Crippen molar-refractivity contribution in [2.24, 2.45) is 0 Å². The second-order valence-corrected chi connectivity index (χ2v) is 5.74. The molecule has 0 spiro atoms. The molecule has 0 aliphatic heterocycles. The second kappa shape index (κ2) is 7.11. The van der Waals surface area contributed by atoms with Crippen LogP contribution in [0, 0.1) is 6.92 Å². The smallest absolute Gasteiger partial charge is 0.229 e. The average molecular weight is 299 g/mol. The Morgan fingerprint density at radius 2 is 1.82 bits per heavy atom. The van der Waals surface area contributed by atoms with E-state index in [4.69, 9.17) is 0 Å². The third-order valence-corrected chi connectivity index (χ3v) is 3.50. The molecular formula is C17H25N5. The van der Waals surface area contributed by atoms with Gasteiger partial charge in [-0.25, -0.2) is 4.98 Å². The zero-order chi connectivity index (χ0) is 16.1. The van der Waals surface area contributed by atoms with Crippen molar-refractivity contribution in [2.45, 2.75) is 33.2 Å². The van der Waals surface area contributed by atoms with E-state index in [0.717, 1.165) is 29.3 Å². The molecule has 0 saturated carbocycles. The van der Waals surface area contributed by atoms with Crippen molar-refractivity contribution in [3.63, 3.8) is 0 Å². The summed E-state index contributed by atoms with van der Waals surface area (Å²) < 4.78 is 0. The highest BCUT2D eigenvalue weighted by molar-refractivity contribution is 5.59. The number of benzene rings is 1. The summed E-state index contributed by atoms with van der Waals surface area (Å²) in [7, 11) is 4.05. The topological polar surface area (TPSA) is 53.1 Å².